The number of aromatic nitrogens is 2. The largest absolute Gasteiger partial charge is 0.493 e. The summed E-state index contributed by atoms with van der Waals surface area (Å²) in [5, 5.41) is 7.00. The Morgan fingerprint density at radius 1 is 0.950 bits per heavy atom. The molecule has 0 amide bonds. The van der Waals surface area contributed by atoms with Crippen molar-refractivity contribution in [2.75, 3.05) is 7.11 Å². The zero-order chi connectivity index (χ0) is 27.6. The van der Waals surface area contributed by atoms with E-state index < -0.39 is 0 Å². The summed E-state index contributed by atoms with van der Waals surface area (Å²) in [6, 6.07) is 27.0. The molecule has 2 aromatic heterocycles. The van der Waals surface area contributed by atoms with Gasteiger partial charge in [-0.25, -0.2) is 4.98 Å². The normalized spacial score (nSPS) is 11.5. The minimum atomic E-state index is -0.345. The van der Waals surface area contributed by atoms with Crippen LogP contribution in [0.1, 0.15) is 11.1 Å². The molecule has 0 aliphatic carbocycles. The lowest BCUT2D eigenvalue weighted by Crippen LogP contribution is -2.20. The number of ether oxygens (including phenoxy) is 2. The van der Waals surface area contributed by atoms with Crippen molar-refractivity contribution < 1.29 is 13.9 Å². The van der Waals surface area contributed by atoms with Crippen molar-refractivity contribution in [2.45, 2.75) is 6.61 Å². The van der Waals surface area contributed by atoms with Crippen molar-refractivity contribution in [1.29, 1.82) is 0 Å². The molecule has 198 valence electrons. The molecule has 40 heavy (non-hydrogen) atoms. The number of hydrogen-bond acceptors (Lipinski definition) is 6. The van der Waals surface area contributed by atoms with Gasteiger partial charge in [-0.1, -0.05) is 53.5 Å². The maximum atomic E-state index is 13.6. The van der Waals surface area contributed by atoms with E-state index in [1.807, 2.05) is 30.3 Å². The summed E-state index contributed by atoms with van der Waals surface area (Å²) in [7, 11) is 1.56. The lowest BCUT2D eigenvalue weighted by Gasteiger charge is -2.13. The van der Waals surface area contributed by atoms with Crippen LogP contribution < -0.4 is 15.0 Å². The number of benzene rings is 4. The Kier molecular flexibility index (Phi) is 6.99. The van der Waals surface area contributed by atoms with Gasteiger partial charge in [0.15, 0.2) is 17.3 Å². The van der Waals surface area contributed by atoms with Gasteiger partial charge in [-0.05, 0) is 66.2 Å². The predicted octanol–water partition coefficient (Wildman–Crippen LogP) is 7.59. The van der Waals surface area contributed by atoms with Gasteiger partial charge in [0.05, 0.1) is 24.2 Å². The second-order valence-electron chi connectivity index (χ2n) is 8.90. The molecule has 0 spiro atoms. The number of nitrogens with zero attached hydrogens (tertiary/aromatic N) is 3. The van der Waals surface area contributed by atoms with Gasteiger partial charge in [-0.3, -0.25) is 4.79 Å². The fraction of sp³-hybridized carbons (Fsp3) is 0.0645. The third-order valence-corrected chi connectivity index (χ3v) is 6.78. The minimum Gasteiger partial charge on any atom is -0.493 e. The molecule has 9 heteroatoms. The summed E-state index contributed by atoms with van der Waals surface area (Å²) in [4.78, 5) is 18.4. The smallest absolute Gasteiger partial charge is 0.282 e. The SMILES string of the molecule is COc1cccc(C=Nn2c(-c3cc4cc(Cl)ccc4o3)nc3ccccc3c2=O)c1OCc1ccc(Cl)cc1. The van der Waals surface area contributed by atoms with E-state index >= 15 is 0 Å². The van der Waals surface area contributed by atoms with Crippen LogP contribution in [-0.2, 0) is 6.61 Å². The van der Waals surface area contributed by atoms with E-state index in [1.165, 1.54) is 4.68 Å². The predicted molar refractivity (Wildman–Crippen MR) is 158 cm³/mol. The highest BCUT2D eigenvalue weighted by molar-refractivity contribution is 6.31. The molecule has 0 radical (unpaired) electrons. The first-order valence-electron chi connectivity index (χ1n) is 12.3. The number of furan rings is 1. The van der Waals surface area contributed by atoms with Crippen LogP contribution in [0, 0.1) is 0 Å². The van der Waals surface area contributed by atoms with Gasteiger partial charge in [0.25, 0.3) is 5.56 Å². The second-order valence-corrected chi connectivity index (χ2v) is 9.77. The maximum absolute atomic E-state index is 13.6. The fourth-order valence-electron chi connectivity index (χ4n) is 4.32. The van der Waals surface area contributed by atoms with E-state index in [0.717, 1.165) is 10.9 Å². The number of para-hydroxylation sites is 2. The van der Waals surface area contributed by atoms with Crippen molar-refractivity contribution in [3.05, 3.63) is 123 Å². The molecule has 6 rings (SSSR count). The van der Waals surface area contributed by atoms with Crippen LogP contribution >= 0.6 is 23.2 Å². The Labute approximate surface area is 238 Å². The fourth-order valence-corrected chi connectivity index (χ4v) is 4.63. The van der Waals surface area contributed by atoms with Crippen LogP contribution in [0.2, 0.25) is 10.0 Å². The third kappa shape index (κ3) is 5.04. The number of hydrogen-bond donors (Lipinski definition) is 0. The molecular weight excluding hydrogens is 549 g/mol. The molecule has 2 heterocycles. The first-order chi connectivity index (χ1) is 19.5. The van der Waals surface area contributed by atoms with Crippen LogP contribution in [0.4, 0.5) is 0 Å². The van der Waals surface area contributed by atoms with Gasteiger partial charge < -0.3 is 13.9 Å². The highest BCUT2D eigenvalue weighted by atomic mass is 35.5. The van der Waals surface area contributed by atoms with Crippen LogP contribution in [-0.4, -0.2) is 23.0 Å². The summed E-state index contributed by atoms with van der Waals surface area (Å²) in [6.45, 7) is 0.280. The molecule has 0 saturated carbocycles. The van der Waals surface area contributed by atoms with Crippen molar-refractivity contribution in [3.8, 4) is 23.1 Å². The van der Waals surface area contributed by atoms with Crippen molar-refractivity contribution in [2.24, 2.45) is 5.10 Å². The lowest BCUT2D eigenvalue weighted by molar-refractivity contribution is 0.284. The molecule has 0 N–H and O–H groups in total. The zero-order valence-corrected chi connectivity index (χ0v) is 22.7. The zero-order valence-electron chi connectivity index (χ0n) is 21.2. The van der Waals surface area contributed by atoms with Crippen LogP contribution in [0.25, 0.3) is 33.5 Å². The molecule has 0 aliphatic rings. The molecule has 0 atom stereocenters. The van der Waals surface area contributed by atoms with E-state index in [4.69, 9.17) is 42.1 Å². The van der Waals surface area contributed by atoms with Gasteiger partial charge in [-0.2, -0.15) is 9.78 Å². The van der Waals surface area contributed by atoms with E-state index in [2.05, 4.69) is 5.10 Å². The van der Waals surface area contributed by atoms with Crippen molar-refractivity contribution in [1.82, 2.24) is 9.66 Å². The van der Waals surface area contributed by atoms with E-state index in [9.17, 15) is 4.79 Å². The number of rotatable bonds is 7. The number of methoxy groups -OCH3 is 1. The molecule has 7 nitrogen and oxygen atoms in total. The summed E-state index contributed by atoms with van der Waals surface area (Å²) in [6.07, 6.45) is 1.54. The van der Waals surface area contributed by atoms with Crippen molar-refractivity contribution in [3.63, 3.8) is 0 Å². The van der Waals surface area contributed by atoms with Crippen LogP contribution in [0.15, 0.2) is 105 Å². The first-order valence-corrected chi connectivity index (χ1v) is 13.1. The van der Waals surface area contributed by atoms with Crippen LogP contribution in [0.5, 0.6) is 11.5 Å². The monoisotopic (exact) mass is 569 g/mol. The number of fused-ring (bicyclic) bond motifs is 2. The summed E-state index contributed by atoms with van der Waals surface area (Å²) < 4.78 is 19.0. The lowest BCUT2D eigenvalue weighted by atomic mass is 10.2. The van der Waals surface area contributed by atoms with Gasteiger partial charge in [0.2, 0.25) is 5.82 Å². The van der Waals surface area contributed by atoms with E-state index in [1.54, 1.807) is 74.0 Å². The summed E-state index contributed by atoms with van der Waals surface area (Å²) in [5.41, 5.74) is 2.34. The molecule has 0 bridgehead atoms. The third-order valence-electron chi connectivity index (χ3n) is 6.29. The quantitative estimate of drug-likeness (QED) is 0.185. The minimum absolute atomic E-state index is 0.249. The Balaban J connectivity index is 1.45. The Morgan fingerprint density at radius 2 is 1.75 bits per heavy atom. The topological polar surface area (TPSA) is 78.9 Å². The molecule has 4 aromatic carbocycles. The Hall–Kier alpha value is -4.59. The summed E-state index contributed by atoms with van der Waals surface area (Å²) >= 11 is 12.2. The highest BCUT2D eigenvalue weighted by Gasteiger charge is 2.17. The molecule has 0 saturated heterocycles. The Morgan fingerprint density at radius 3 is 2.58 bits per heavy atom. The first kappa shape index (κ1) is 25.7. The highest BCUT2D eigenvalue weighted by Crippen LogP contribution is 2.32. The molecule has 6 aromatic rings. The van der Waals surface area contributed by atoms with E-state index in [0.29, 0.717) is 49.4 Å². The van der Waals surface area contributed by atoms with Gasteiger partial charge in [-0.15, -0.1) is 0 Å². The standard InChI is InChI=1S/C31H21Cl2N3O4/c1-38-27-8-4-5-20(29(27)39-18-19-9-11-22(32)12-10-19)17-34-36-30(35-25-7-3-2-6-24(25)31(36)37)28-16-21-15-23(33)13-14-26(21)40-28/h2-17H,18H2,1H3. The average molecular weight is 570 g/mol. The Bertz CT molecular complexity index is 1950. The van der Waals surface area contributed by atoms with Crippen LogP contribution in [0.3, 0.4) is 0 Å². The van der Waals surface area contributed by atoms with Crippen molar-refractivity contribution >= 4 is 51.3 Å². The molecule has 0 aliphatic heterocycles. The summed E-state index contributed by atoms with van der Waals surface area (Å²) in [5.74, 6) is 1.63. The molecule has 0 fully saturated rings. The van der Waals surface area contributed by atoms with E-state index in [-0.39, 0.29) is 18.0 Å². The average Bonchev–Trinajstić information content (AvgIpc) is 3.39. The van der Waals surface area contributed by atoms with Gasteiger partial charge >= 0.3 is 0 Å². The maximum Gasteiger partial charge on any atom is 0.282 e. The number of halogens is 2. The molecular formula is C31H21Cl2N3O4. The second kappa shape index (κ2) is 10.9. The van der Waals surface area contributed by atoms with Gasteiger partial charge in [0, 0.05) is 21.0 Å². The van der Waals surface area contributed by atoms with Gasteiger partial charge in [0.1, 0.15) is 12.2 Å². The molecule has 0 unspecified atom stereocenters.